The number of rotatable bonds is 20. The van der Waals surface area contributed by atoms with Crippen molar-refractivity contribution in [2.45, 2.75) is 69.8 Å². The first kappa shape index (κ1) is 51.7. The third-order valence-electron chi connectivity index (χ3n) is 11.1. The van der Waals surface area contributed by atoms with Gasteiger partial charge in [-0.15, -0.1) is 0 Å². The van der Waals surface area contributed by atoms with Gasteiger partial charge in [0.15, 0.2) is 0 Å². The maximum Gasteiger partial charge on any atom is 0.312 e. The van der Waals surface area contributed by atoms with Gasteiger partial charge < -0.3 is 35.1 Å². The monoisotopic (exact) mass is 945 g/mol. The highest BCUT2D eigenvalue weighted by Gasteiger charge is 2.48. The zero-order valence-electron chi connectivity index (χ0n) is 37.4. The first-order chi connectivity index (χ1) is 31.9. The number of amides is 1. The summed E-state index contributed by atoms with van der Waals surface area (Å²) in [4.78, 5) is 44.8. The second-order valence-corrected chi connectivity index (χ2v) is 18.3. The van der Waals surface area contributed by atoms with Gasteiger partial charge in [0, 0.05) is 43.4 Å². The number of aliphatic hydroxyl groups is 3. The fourth-order valence-corrected chi connectivity index (χ4v) is 7.89. The Morgan fingerprint density at radius 2 is 1.48 bits per heavy atom. The quantitative estimate of drug-likeness (QED) is 0.0275. The second kappa shape index (κ2) is 23.4. The molecule has 5 atom stereocenters. The number of nitrogens with zero attached hydrogens (tertiary/aromatic N) is 4. The summed E-state index contributed by atoms with van der Waals surface area (Å²) in [5, 5.41) is 35.3. The number of hydrogen-bond donors (Lipinski definition) is 4. The zero-order valence-corrected chi connectivity index (χ0v) is 38.2. The summed E-state index contributed by atoms with van der Waals surface area (Å²) in [5.41, 5.74) is 3.58. The fourth-order valence-electron chi connectivity index (χ4n) is 7.51. The molecule has 1 fully saturated rings. The number of ether oxygens (including phenoxy) is 1. The minimum absolute atomic E-state index is 0.0422. The average molecular weight is 946 g/mol. The van der Waals surface area contributed by atoms with Gasteiger partial charge in [-0.3, -0.25) is 9.59 Å². The molecule has 4 aromatic carbocycles. The molecule has 18 heteroatoms. The van der Waals surface area contributed by atoms with Crippen LogP contribution < -0.4 is 19.3 Å². The van der Waals surface area contributed by atoms with E-state index in [0.29, 0.717) is 40.2 Å². The van der Waals surface area contributed by atoms with Gasteiger partial charge in [-0.05, 0) is 103 Å². The molecule has 356 valence electrons. The number of benzene rings is 4. The van der Waals surface area contributed by atoms with Crippen LogP contribution in [0.25, 0.3) is 17.3 Å². The number of carbonyl (C=O) groups is 3. The number of nitrogens with one attached hydrogen (secondary N) is 1. The number of sulfonamides is 1. The van der Waals surface area contributed by atoms with E-state index in [2.05, 4.69) is 15.3 Å². The van der Waals surface area contributed by atoms with Crippen molar-refractivity contribution in [1.82, 2.24) is 15.3 Å². The molecular weight excluding hydrogens is 892 g/mol. The number of aliphatic hydroxyl groups excluding tert-OH is 3. The maximum atomic E-state index is 13.8. The van der Waals surface area contributed by atoms with Crippen LogP contribution in [0.2, 0.25) is 0 Å². The van der Waals surface area contributed by atoms with Crippen molar-refractivity contribution in [1.29, 1.82) is 0 Å². The van der Waals surface area contributed by atoms with E-state index in [-0.39, 0.29) is 55.9 Å². The SMILES string of the molecule is C=O.CC(C)c1nc(N(C)S(C)(=O)=O)nc(-c2ccc(F)cc2)c1/C=C/C(O)CC(O)CNCCC(=O)Oc1ccc(C2C(CCC(O)c3ccc(F)cc3)C(=O)N2c2ccc(F)cc2)cc1. The van der Waals surface area contributed by atoms with Gasteiger partial charge in [0.1, 0.15) is 30.0 Å². The van der Waals surface area contributed by atoms with Crippen LogP contribution in [-0.4, -0.2) is 91.0 Å². The summed E-state index contributed by atoms with van der Waals surface area (Å²) in [5.74, 6) is -2.59. The summed E-state index contributed by atoms with van der Waals surface area (Å²) in [6.07, 6.45) is 1.51. The largest absolute Gasteiger partial charge is 0.426 e. The lowest BCUT2D eigenvalue weighted by Gasteiger charge is -2.48. The lowest BCUT2D eigenvalue weighted by molar-refractivity contribution is -0.134. The number of aromatic nitrogens is 2. The maximum absolute atomic E-state index is 13.8. The summed E-state index contributed by atoms with van der Waals surface area (Å²) in [6.45, 7) is 5.94. The average Bonchev–Trinajstić information content (AvgIpc) is 3.30. The molecule has 5 unspecified atom stereocenters. The van der Waals surface area contributed by atoms with Crippen molar-refractivity contribution in [3.8, 4) is 17.0 Å². The summed E-state index contributed by atoms with van der Waals surface area (Å²) >= 11 is 0. The van der Waals surface area contributed by atoms with E-state index in [0.717, 1.165) is 16.1 Å². The molecule has 0 bridgehead atoms. The molecule has 14 nitrogen and oxygen atoms in total. The van der Waals surface area contributed by atoms with E-state index in [1.165, 1.54) is 85.9 Å². The van der Waals surface area contributed by atoms with Gasteiger partial charge in [0.05, 0.1) is 54.3 Å². The summed E-state index contributed by atoms with van der Waals surface area (Å²) in [7, 11) is -2.38. The third kappa shape index (κ3) is 13.6. The molecule has 2 heterocycles. The second-order valence-electron chi connectivity index (χ2n) is 16.3. The Labute approximate surface area is 387 Å². The predicted octanol–water partition coefficient (Wildman–Crippen LogP) is 6.82. The summed E-state index contributed by atoms with van der Waals surface area (Å²) < 4.78 is 72.2. The van der Waals surface area contributed by atoms with Gasteiger partial charge in [0.2, 0.25) is 21.9 Å². The minimum atomic E-state index is -3.71. The standard InChI is InChI=1S/C48H52F3N5O8S.CH2O/c1-29(2)44-40(45(31-7-13-34(50)14-8-31)54-48(53-44)55(3)65(4,62)63)22-19-37(57)27-38(58)28-52-26-25-43(60)64-39-20-9-32(10-21-39)46-41(23-24-42(59)30-5-11-33(49)12-6-30)47(61)56(46)36-17-15-35(51)16-18-36;1-2/h5-22,29,37-38,41-42,46,52,57-59H,23-28H2,1-4H3;1H2/b22-19+;. The Morgan fingerprint density at radius 1 is 0.896 bits per heavy atom. The topological polar surface area (TPSA) is 200 Å². The molecule has 0 aliphatic carbocycles. The van der Waals surface area contributed by atoms with Crippen molar-refractivity contribution in [2.24, 2.45) is 5.92 Å². The highest BCUT2D eigenvalue weighted by Crippen LogP contribution is 2.46. The van der Waals surface area contributed by atoms with E-state index in [1.54, 1.807) is 35.2 Å². The van der Waals surface area contributed by atoms with Crippen molar-refractivity contribution in [2.75, 3.05) is 35.6 Å². The van der Waals surface area contributed by atoms with Crippen molar-refractivity contribution >= 4 is 46.4 Å². The number of carbonyl (C=O) groups excluding carboxylic acids is 3. The van der Waals surface area contributed by atoms with Crippen molar-refractivity contribution in [3.63, 3.8) is 0 Å². The minimum Gasteiger partial charge on any atom is -0.426 e. The molecule has 5 aromatic rings. The lowest BCUT2D eigenvalue weighted by Crippen LogP contribution is -2.55. The number of β-lactam (4-membered cyclic amide) rings is 1. The van der Waals surface area contributed by atoms with Crippen LogP contribution in [0.1, 0.15) is 80.0 Å². The zero-order chi connectivity index (χ0) is 49.0. The Morgan fingerprint density at radius 3 is 2.06 bits per heavy atom. The molecule has 1 saturated heterocycles. The molecule has 6 rings (SSSR count). The Hall–Kier alpha value is -6.31. The van der Waals surface area contributed by atoms with Crippen LogP contribution >= 0.6 is 0 Å². The van der Waals surface area contributed by atoms with E-state index in [9.17, 15) is 46.5 Å². The third-order valence-corrected chi connectivity index (χ3v) is 12.2. The predicted molar refractivity (Wildman–Crippen MR) is 248 cm³/mol. The van der Waals surface area contributed by atoms with E-state index >= 15 is 0 Å². The molecule has 0 saturated carbocycles. The van der Waals surface area contributed by atoms with Gasteiger partial charge in [0.25, 0.3) is 0 Å². The summed E-state index contributed by atoms with van der Waals surface area (Å²) in [6, 6.07) is 22.9. The molecule has 1 aromatic heterocycles. The Bertz CT molecular complexity index is 2590. The van der Waals surface area contributed by atoms with Crippen LogP contribution in [0.15, 0.2) is 103 Å². The number of anilines is 2. The molecule has 0 radical (unpaired) electrons. The number of esters is 1. The van der Waals surface area contributed by atoms with Crippen LogP contribution in [0.3, 0.4) is 0 Å². The number of halogens is 3. The molecule has 1 aliphatic rings. The van der Waals surface area contributed by atoms with Crippen LogP contribution in [0.4, 0.5) is 24.8 Å². The van der Waals surface area contributed by atoms with Crippen molar-refractivity contribution < 1.29 is 56.0 Å². The highest BCUT2D eigenvalue weighted by atomic mass is 32.2. The smallest absolute Gasteiger partial charge is 0.312 e. The van der Waals surface area contributed by atoms with E-state index < -0.39 is 63.7 Å². The normalized spacial score (nSPS) is 16.2. The van der Waals surface area contributed by atoms with Gasteiger partial charge in [-0.25, -0.2) is 35.9 Å². The highest BCUT2D eigenvalue weighted by molar-refractivity contribution is 7.92. The Balaban J connectivity index is 0.00000414. The Kier molecular flexibility index (Phi) is 18.1. The fraction of sp³-hybridized carbons (Fsp3) is 0.327. The lowest BCUT2D eigenvalue weighted by atomic mass is 9.78. The first-order valence-electron chi connectivity index (χ1n) is 21.4. The molecule has 1 aliphatic heterocycles. The van der Waals surface area contributed by atoms with Crippen LogP contribution in [0, 0.1) is 23.4 Å². The van der Waals surface area contributed by atoms with E-state index in [4.69, 9.17) is 9.53 Å². The molecule has 0 spiro atoms. The molecule has 4 N–H and O–H groups in total. The van der Waals surface area contributed by atoms with Gasteiger partial charge in [-0.2, -0.15) is 0 Å². The van der Waals surface area contributed by atoms with Crippen molar-refractivity contribution in [3.05, 3.63) is 143 Å². The van der Waals surface area contributed by atoms with Crippen LogP contribution in [-0.2, 0) is 24.4 Å². The van der Waals surface area contributed by atoms with Crippen LogP contribution in [0.5, 0.6) is 5.75 Å². The molecule has 67 heavy (non-hydrogen) atoms. The van der Waals surface area contributed by atoms with E-state index in [1.807, 2.05) is 20.6 Å². The van der Waals surface area contributed by atoms with Gasteiger partial charge >= 0.3 is 5.97 Å². The number of hydrogen-bond acceptors (Lipinski definition) is 12. The van der Waals surface area contributed by atoms with Gasteiger partial charge in [-0.1, -0.05) is 50.3 Å². The molecule has 1 amide bonds. The molecular formula is C49H54F3N5O9S. The first-order valence-corrected chi connectivity index (χ1v) is 23.2.